The predicted molar refractivity (Wildman–Crippen MR) is 166 cm³/mol. The first-order valence-corrected chi connectivity index (χ1v) is 14.3. The molecule has 3 aromatic rings. The molecule has 0 bridgehead atoms. The minimum Gasteiger partial charge on any atom is -0.443 e. The maximum absolute atomic E-state index is 13.1. The molecule has 0 saturated heterocycles. The molecule has 0 aliphatic heterocycles. The van der Waals surface area contributed by atoms with Gasteiger partial charge in [0.1, 0.15) is 9.93 Å². The average molecular weight is 658 g/mol. The van der Waals surface area contributed by atoms with Gasteiger partial charge >= 0.3 is 6.09 Å². The van der Waals surface area contributed by atoms with Crippen LogP contribution in [0.2, 0.25) is 15.1 Å². The van der Waals surface area contributed by atoms with Crippen molar-refractivity contribution in [2.75, 3.05) is 22.6 Å². The first-order valence-electron chi connectivity index (χ1n) is 12.4. The molecule has 3 aromatic carbocycles. The van der Waals surface area contributed by atoms with Gasteiger partial charge in [0, 0.05) is 40.1 Å². The monoisotopic (exact) mass is 655 g/mol. The van der Waals surface area contributed by atoms with Crippen LogP contribution in [0.1, 0.15) is 42.6 Å². The number of hydrogen-bond donors (Lipinski definition) is 2. The maximum Gasteiger partial charge on any atom is 0.414 e. The number of anilines is 3. The molecule has 2 N–H and O–H groups in total. The number of carbonyl (C=O) groups is 3. The summed E-state index contributed by atoms with van der Waals surface area (Å²) >= 11 is 31.4. The zero-order valence-corrected chi connectivity index (χ0v) is 26.2. The smallest absolute Gasteiger partial charge is 0.414 e. The predicted octanol–water partition coefficient (Wildman–Crippen LogP) is 8.80. The number of rotatable bonds is 6. The fourth-order valence-electron chi connectivity index (χ4n) is 4.22. The van der Waals surface area contributed by atoms with Gasteiger partial charge in [-0.2, -0.15) is 0 Å². The summed E-state index contributed by atoms with van der Waals surface area (Å²) in [5, 5.41) is 6.51. The highest BCUT2D eigenvalue weighted by atomic mass is 35.5. The Labute approximate surface area is 263 Å². The standard InChI is InChI=1S/C29H26Cl5N3O4/c1-28(2,3)41-27(40)37(4)20-8-5-18(6-9-20)35-25(38)21-14-19(7-10-22(21)32)36-26(39)24-23(29(24,33)34)15-11-16(30)13-17(31)12-15/h5-14,23-24H,1-4H3,(H,35,38)(H,36,39)/t23-,24+/m0/s1. The number of carbonyl (C=O) groups excluding carboxylic acids is 3. The van der Waals surface area contributed by atoms with Crippen molar-refractivity contribution < 1.29 is 19.1 Å². The van der Waals surface area contributed by atoms with Crippen LogP contribution in [0.25, 0.3) is 0 Å². The Hall–Kier alpha value is -2.68. The minimum absolute atomic E-state index is 0.136. The fourth-order valence-corrected chi connectivity index (χ4v) is 5.80. The fraction of sp³-hybridized carbons (Fsp3) is 0.276. The van der Waals surface area contributed by atoms with Crippen molar-refractivity contribution in [3.63, 3.8) is 0 Å². The van der Waals surface area contributed by atoms with Gasteiger partial charge in [-0.3, -0.25) is 14.5 Å². The van der Waals surface area contributed by atoms with Crippen molar-refractivity contribution >= 4 is 93.0 Å². The lowest BCUT2D eigenvalue weighted by atomic mass is 10.1. The Bertz CT molecular complexity index is 1490. The second kappa shape index (κ2) is 11.9. The van der Waals surface area contributed by atoms with Crippen LogP contribution in [0.5, 0.6) is 0 Å². The zero-order chi connectivity index (χ0) is 30.3. The van der Waals surface area contributed by atoms with E-state index in [1.807, 2.05) is 0 Å². The maximum atomic E-state index is 13.1. The van der Waals surface area contributed by atoms with Gasteiger partial charge in [0.05, 0.1) is 16.5 Å². The third-order valence-corrected chi connectivity index (χ3v) is 7.94. The summed E-state index contributed by atoms with van der Waals surface area (Å²) in [7, 11) is 1.59. The molecule has 12 heteroatoms. The molecule has 0 aromatic heterocycles. The number of nitrogens with one attached hydrogen (secondary N) is 2. The molecule has 0 spiro atoms. The third kappa shape index (κ3) is 7.40. The first kappa shape index (κ1) is 31.3. The van der Waals surface area contributed by atoms with Crippen molar-refractivity contribution in [3.05, 3.63) is 86.9 Å². The van der Waals surface area contributed by atoms with Crippen LogP contribution in [0, 0.1) is 5.92 Å². The summed E-state index contributed by atoms with van der Waals surface area (Å²) in [5.74, 6) is -2.23. The average Bonchev–Trinajstić information content (AvgIpc) is 3.45. The molecular formula is C29H26Cl5N3O4. The summed E-state index contributed by atoms with van der Waals surface area (Å²) in [6.07, 6.45) is -0.505. The largest absolute Gasteiger partial charge is 0.443 e. The van der Waals surface area contributed by atoms with Crippen LogP contribution in [0.3, 0.4) is 0 Å². The number of hydrogen-bond acceptors (Lipinski definition) is 4. The molecular weight excluding hydrogens is 632 g/mol. The van der Waals surface area contributed by atoms with Crippen LogP contribution in [-0.2, 0) is 9.53 Å². The topological polar surface area (TPSA) is 87.7 Å². The molecule has 1 aliphatic rings. The summed E-state index contributed by atoms with van der Waals surface area (Å²) in [5.41, 5.74) is 1.53. The zero-order valence-electron chi connectivity index (χ0n) is 22.4. The lowest BCUT2D eigenvalue weighted by molar-refractivity contribution is -0.117. The lowest BCUT2D eigenvalue weighted by Gasteiger charge is -2.24. The van der Waals surface area contributed by atoms with E-state index in [9.17, 15) is 14.4 Å². The van der Waals surface area contributed by atoms with E-state index in [-0.39, 0.29) is 10.6 Å². The Morgan fingerprint density at radius 2 is 1.44 bits per heavy atom. The SMILES string of the molecule is CN(C(=O)OC(C)(C)C)c1ccc(NC(=O)c2cc(NC(=O)[C@H]3[C@H](c4cc(Cl)cc(Cl)c4)C3(Cl)Cl)ccc2Cl)cc1. The van der Waals surface area contributed by atoms with Gasteiger partial charge in [-0.25, -0.2) is 4.79 Å². The van der Waals surface area contributed by atoms with Crippen LogP contribution in [-0.4, -0.2) is 34.9 Å². The van der Waals surface area contributed by atoms with E-state index in [0.717, 1.165) is 0 Å². The molecule has 7 nitrogen and oxygen atoms in total. The van der Waals surface area contributed by atoms with Crippen molar-refractivity contribution in [2.24, 2.45) is 5.92 Å². The van der Waals surface area contributed by atoms with Crippen LogP contribution >= 0.6 is 58.0 Å². The highest BCUT2D eigenvalue weighted by molar-refractivity contribution is 6.53. The number of benzene rings is 3. The van der Waals surface area contributed by atoms with E-state index in [4.69, 9.17) is 62.7 Å². The molecule has 2 atom stereocenters. The second-order valence-corrected chi connectivity index (χ2v) is 13.3. The van der Waals surface area contributed by atoms with Crippen molar-refractivity contribution in [1.82, 2.24) is 0 Å². The molecule has 4 rings (SSSR count). The Kier molecular flexibility index (Phi) is 9.07. The van der Waals surface area contributed by atoms with Crippen LogP contribution < -0.4 is 15.5 Å². The molecule has 1 fully saturated rings. The van der Waals surface area contributed by atoms with E-state index < -0.39 is 39.7 Å². The van der Waals surface area contributed by atoms with Crippen LogP contribution in [0.15, 0.2) is 60.7 Å². The van der Waals surface area contributed by atoms with Gasteiger partial charge in [-0.1, -0.05) is 34.8 Å². The Balaban J connectivity index is 1.43. The van der Waals surface area contributed by atoms with Gasteiger partial charge < -0.3 is 15.4 Å². The number of ether oxygens (including phenoxy) is 1. The number of amides is 3. The number of alkyl halides is 2. The van der Waals surface area contributed by atoms with Gasteiger partial charge in [0.25, 0.3) is 5.91 Å². The molecule has 1 saturated carbocycles. The summed E-state index contributed by atoms with van der Waals surface area (Å²) < 4.78 is 4.02. The normalized spacial score (nSPS) is 17.4. The Morgan fingerprint density at radius 3 is 2.02 bits per heavy atom. The molecule has 0 heterocycles. The second-order valence-electron chi connectivity index (χ2n) is 10.6. The summed E-state index contributed by atoms with van der Waals surface area (Å²) in [6.45, 7) is 5.35. The number of nitrogens with zero attached hydrogens (tertiary/aromatic N) is 1. The van der Waals surface area contributed by atoms with Gasteiger partial charge in [0.2, 0.25) is 5.91 Å². The van der Waals surface area contributed by atoms with Gasteiger partial charge in [0.15, 0.2) is 0 Å². The highest BCUT2D eigenvalue weighted by Crippen LogP contribution is 2.65. The first-order chi connectivity index (χ1) is 19.1. The van der Waals surface area contributed by atoms with E-state index in [1.165, 1.54) is 17.0 Å². The number of halogens is 5. The van der Waals surface area contributed by atoms with E-state index in [1.54, 1.807) is 76.3 Å². The van der Waals surface area contributed by atoms with E-state index in [2.05, 4.69) is 10.6 Å². The Morgan fingerprint density at radius 1 is 0.854 bits per heavy atom. The van der Waals surface area contributed by atoms with Crippen molar-refractivity contribution in [3.8, 4) is 0 Å². The van der Waals surface area contributed by atoms with E-state index >= 15 is 0 Å². The molecule has 0 unspecified atom stereocenters. The minimum atomic E-state index is -1.35. The van der Waals surface area contributed by atoms with Crippen molar-refractivity contribution in [1.29, 1.82) is 0 Å². The molecule has 41 heavy (non-hydrogen) atoms. The van der Waals surface area contributed by atoms with E-state index in [0.29, 0.717) is 32.7 Å². The summed E-state index contributed by atoms with van der Waals surface area (Å²) in [4.78, 5) is 39.8. The molecule has 1 aliphatic carbocycles. The van der Waals surface area contributed by atoms with Crippen LogP contribution in [0.4, 0.5) is 21.9 Å². The molecule has 0 radical (unpaired) electrons. The molecule has 216 valence electrons. The highest BCUT2D eigenvalue weighted by Gasteiger charge is 2.67. The third-order valence-electron chi connectivity index (χ3n) is 6.24. The quantitative estimate of drug-likeness (QED) is 0.260. The van der Waals surface area contributed by atoms with Gasteiger partial charge in [-0.05, 0) is 87.0 Å². The molecule has 3 amide bonds. The lowest BCUT2D eigenvalue weighted by Crippen LogP contribution is -2.34. The van der Waals surface area contributed by atoms with Gasteiger partial charge in [-0.15, -0.1) is 23.2 Å². The van der Waals surface area contributed by atoms with Crippen molar-refractivity contribution in [2.45, 2.75) is 36.6 Å². The summed E-state index contributed by atoms with van der Waals surface area (Å²) in [6, 6.07) is 16.0.